The third kappa shape index (κ3) is 3.61. The lowest BCUT2D eigenvalue weighted by Gasteiger charge is -2.24. The predicted molar refractivity (Wildman–Crippen MR) is 87.1 cm³/mol. The molecule has 0 heterocycles. The Labute approximate surface area is 122 Å². The molecule has 2 heteroatoms. The van der Waals surface area contributed by atoms with Gasteiger partial charge in [0.1, 0.15) is 0 Å². The summed E-state index contributed by atoms with van der Waals surface area (Å²) in [4.78, 5) is 2.30. The van der Waals surface area contributed by atoms with Crippen molar-refractivity contribution in [2.45, 2.75) is 25.8 Å². The quantitative estimate of drug-likeness (QED) is 0.864. The highest BCUT2D eigenvalue weighted by atomic mass is 15.1. The van der Waals surface area contributed by atoms with Crippen LogP contribution in [0.1, 0.15) is 30.5 Å². The molecule has 0 aliphatic carbocycles. The summed E-state index contributed by atoms with van der Waals surface area (Å²) >= 11 is 0. The molecule has 0 spiro atoms. The van der Waals surface area contributed by atoms with Gasteiger partial charge >= 0.3 is 0 Å². The number of nitrogens with zero attached hydrogens (tertiary/aromatic N) is 1. The predicted octanol–water partition coefficient (Wildman–Crippen LogP) is 3.78. The molecule has 1 unspecified atom stereocenters. The van der Waals surface area contributed by atoms with Crippen molar-refractivity contribution in [3.8, 4) is 0 Å². The Kier molecular flexibility index (Phi) is 5.19. The van der Waals surface area contributed by atoms with Crippen molar-refractivity contribution >= 4 is 5.69 Å². The van der Waals surface area contributed by atoms with Gasteiger partial charge in [0.05, 0.1) is 0 Å². The molecule has 2 aromatic carbocycles. The Morgan fingerprint density at radius 1 is 1.00 bits per heavy atom. The van der Waals surface area contributed by atoms with E-state index in [1.807, 2.05) is 0 Å². The Bertz CT molecular complexity index is 522. The first-order valence-electron chi connectivity index (χ1n) is 7.32. The molecule has 0 saturated heterocycles. The van der Waals surface area contributed by atoms with Crippen molar-refractivity contribution in [1.82, 2.24) is 0 Å². The second-order valence-corrected chi connectivity index (χ2v) is 5.23. The summed E-state index contributed by atoms with van der Waals surface area (Å²) in [5.41, 5.74) is 10.1. The maximum absolute atomic E-state index is 6.21. The minimum Gasteiger partial charge on any atom is -0.374 e. The fourth-order valence-corrected chi connectivity index (χ4v) is 2.43. The van der Waals surface area contributed by atoms with E-state index in [0.717, 1.165) is 19.4 Å². The van der Waals surface area contributed by atoms with Crippen LogP contribution < -0.4 is 10.6 Å². The normalized spacial score (nSPS) is 12.2. The smallest absolute Gasteiger partial charge is 0.0412 e. The van der Waals surface area contributed by atoms with E-state index in [0.29, 0.717) is 0 Å². The van der Waals surface area contributed by atoms with E-state index in [1.165, 1.54) is 16.8 Å². The topological polar surface area (TPSA) is 29.3 Å². The molecule has 0 radical (unpaired) electrons. The summed E-state index contributed by atoms with van der Waals surface area (Å²) < 4.78 is 0. The number of nitrogens with two attached hydrogens (primary N) is 1. The number of benzene rings is 2. The largest absolute Gasteiger partial charge is 0.374 e. The lowest BCUT2D eigenvalue weighted by atomic mass is 10.0. The molecule has 2 nitrogen and oxygen atoms in total. The minimum absolute atomic E-state index is 0.116. The van der Waals surface area contributed by atoms with Crippen LogP contribution in [0.4, 0.5) is 5.69 Å². The van der Waals surface area contributed by atoms with Crippen molar-refractivity contribution in [1.29, 1.82) is 0 Å². The van der Waals surface area contributed by atoms with Crippen LogP contribution in [0.3, 0.4) is 0 Å². The van der Waals surface area contributed by atoms with Crippen LogP contribution in [-0.4, -0.2) is 13.6 Å². The van der Waals surface area contributed by atoms with E-state index in [9.17, 15) is 0 Å². The first-order valence-corrected chi connectivity index (χ1v) is 7.32. The van der Waals surface area contributed by atoms with Gasteiger partial charge in [-0.05, 0) is 30.0 Å². The lowest BCUT2D eigenvalue weighted by molar-refractivity contribution is 0.694. The Morgan fingerprint density at radius 3 is 2.35 bits per heavy atom. The average Bonchev–Trinajstić information content (AvgIpc) is 2.52. The molecule has 0 aliphatic rings. The second kappa shape index (κ2) is 7.11. The van der Waals surface area contributed by atoms with E-state index in [-0.39, 0.29) is 6.04 Å². The van der Waals surface area contributed by atoms with Crippen molar-refractivity contribution in [3.05, 3.63) is 65.7 Å². The average molecular weight is 268 g/mol. The lowest BCUT2D eigenvalue weighted by Crippen LogP contribution is -2.23. The van der Waals surface area contributed by atoms with E-state index < -0.39 is 0 Å². The van der Waals surface area contributed by atoms with Gasteiger partial charge in [-0.2, -0.15) is 0 Å². The number of anilines is 1. The zero-order chi connectivity index (χ0) is 14.4. The Balaban J connectivity index is 2.07. The SMILES string of the molecule is CCC(N)c1ccccc1N(C)CCc1ccccc1. The van der Waals surface area contributed by atoms with E-state index in [1.54, 1.807) is 0 Å². The van der Waals surface area contributed by atoms with Gasteiger partial charge in [0.15, 0.2) is 0 Å². The highest BCUT2D eigenvalue weighted by molar-refractivity contribution is 5.54. The molecule has 0 amide bonds. The molecule has 0 bridgehead atoms. The van der Waals surface area contributed by atoms with Crippen molar-refractivity contribution in [2.24, 2.45) is 5.73 Å². The third-order valence-electron chi connectivity index (χ3n) is 3.77. The molecule has 2 rings (SSSR count). The van der Waals surface area contributed by atoms with Crippen LogP contribution in [0.5, 0.6) is 0 Å². The molecule has 106 valence electrons. The Hall–Kier alpha value is -1.80. The van der Waals surface area contributed by atoms with E-state index in [2.05, 4.69) is 73.5 Å². The minimum atomic E-state index is 0.116. The molecule has 2 aromatic rings. The third-order valence-corrected chi connectivity index (χ3v) is 3.77. The van der Waals surface area contributed by atoms with Gasteiger partial charge < -0.3 is 10.6 Å². The number of hydrogen-bond donors (Lipinski definition) is 1. The molecule has 20 heavy (non-hydrogen) atoms. The number of para-hydroxylation sites is 1. The van der Waals surface area contributed by atoms with Gasteiger partial charge in [0.25, 0.3) is 0 Å². The fraction of sp³-hybridized carbons (Fsp3) is 0.333. The van der Waals surface area contributed by atoms with Gasteiger partial charge in [-0.3, -0.25) is 0 Å². The van der Waals surface area contributed by atoms with Gasteiger partial charge in [-0.25, -0.2) is 0 Å². The molecule has 0 fully saturated rings. The maximum Gasteiger partial charge on any atom is 0.0412 e. The molecule has 2 N–H and O–H groups in total. The maximum atomic E-state index is 6.21. The first-order chi connectivity index (χ1) is 9.72. The monoisotopic (exact) mass is 268 g/mol. The van der Waals surface area contributed by atoms with Gasteiger partial charge in [-0.1, -0.05) is 55.5 Å². The highest BCUT2D eigenvalue weighted by Crippen LogP contribution is 2.26. The number of rotatable bonds is 6. The molecule has 1 atom stereocenters. The van der Waals surface area contributed by atoms with Gasteiger partial charge in [-0.15, -0.1) is 0 Å². The summed E-state index contributed by atoms with van der Waals surface area (Å²) in [5.74, 6) is 0. The van der Waals surface area contributed by atoms with Crippen LogP contribution >= 0.6 is 0 Å². The Morgan fingerprint density at radius 2 is 1.65 bits per heavy atom. The van der Waals surface area contributed by atoms with Crippen LogP contribution in [0.15, 0.2) is 54.6 Å². The second-order valence-electron chi connectivity index (χ2n) is 5.23. The van der Waals surface area contributed by atoms with Gasteiger partial charge in [0.2, 0.25) is 0 Å². The van der Waals surface area contributed by atoms with Crippen molar-refractivity contribution < 1.29 is 0 Å². The molecule has 0 aliphatic heterocycles. The number of hydrogen-bond acceptors (Lipinski definition) is 2. The zero-order valence-corrected chi connectivity index (χ0v) is 12.4. The van der Waals surface area contributed by atoms with Crippen molar-refractivity contribution in [3.63, 3.8) is 0 Å². The summed E-state index contributed by atoms with van der Waals surface area (Å²) in [6.07, 6.45) is 2.01. The van der Waals surface area contributed by atoms with Crippen LogP contribution in [0.25, 0.3) is 0 Å². The standard InChI is InChI=1S/C18H24N2/c1-3-17(19)16-11-7-8-12-18(16)20(2)14-13-15-9-5-4-6-10-15/h4-12,17H,3,13-14,19H2,1-2H3. The van der Waals surface area contributed by atoms with Gasteiger partial charge in [0, 0.05) is 25.3 Å². The van der Waals surface area contributed by atoms with Crippen LogP contribution in [0, 0.1) is 0 Å². The highest BCUT2D eigenvalue weighted by Gasteiger charge is 2.11. The summed E-state index contributed by atoms with van der Waals surface area (Å²) in [6, 6.07) is 19.2. The van der Waals surface area contributed by atoms with Crippen LogP contribution in [0.2, 0.25) is 0 Å². The molecular formula is C18H24N2. The summed E-state index contributed by atoms with van der Waals surface area (Å²) in [5, 5.41) is 0. The van der Waals surface area contributed by atoms with E-state index >= 15 is 0 Å². The fourth-order valence-electron chi connectivity index (χ4n) is 2.43. The molecule has 0 saturated carbocycles. The number of likely N-dealkylation sites (N-methyl/N-ethyl adjacent to an activating group) is 1. The summed E-state index contributed by atoms with van der Waals surface area (Å²) in [7, 11) is 2.14. The zero-order valence-electron chi connectivity index (χ0n) is 12.4. The van der Waals surface area contributed by atoms with Crippen LogP contribution in [-0.2, 0) is 6.42 Å². The molecule has 0 aromatic heterocycles. The van der Waals surface area contributed by atoms with E-state index in [4.69, 9.17) is 5.73 Å². The van der Waals surface area contributed by atoms with Crippen molar-refractivity contribution in [2.75, 3.05) is 18.5 Å². The molecular weight excluding hydrogens is 244 g/mol. The first kappa shape index (κ1) is 14.6. The summed E-state index contributed by atoms with van der Waals surface area (Å²) in [6.45, 7) is 3.13.